The SMILES string of the molecule is Cc1cccc(N2CCN(C(=O)c3cn(C)c4ccc(S(=O)(=O)N(C)C)cc4c3=O)C[C@H]2C)c1. The molecule has 1 aliphatic rings. The molecule has 4 rings (SSSR count). The number of piperazine rings is 1. The van der Waals surface area contributed by atoms with E-state index >= 15 is 0 Å². The minimum absolute atomic E-state index is 0.0205. The molecule has 0 radical (unpaired) electrons. The number of sulfonamides is 1. The number of aromatic nitrogens is 1. The van der Waals surface area contributed by atoms with Crippen molar-refractivity contribution in [3.05, 3.63) is 70.0 Å². The van der Waals surface area contributed by atoms with Crippen LogP contribution in [-0.2, 0) is 17.1 Å². The molecule has 0 bridgehead atoms. The average Bonchev–Trinajstić information content (AvgIpc) is 2.80. The molecule has 2 heterocycles. The van der Waals surface area contributed by atoms with Gasteiger partial charge < -0.3 is 14.4 Å². The molecule has 0 spiro atoms. The fourth-order valence-corrected chi connectivity index (χ4v) is 5.43. The number of hydrogen-bond acceptors (Lipinski definition) is 5. The monoisotopic (exact) mass is 482 g/mol. The first-order valence-corrected chi connectivity index (χ1v) is 12.6. The summed E-state index contributed by atoms with van der Waals surface area (Å²) in [5, 5.41) is 0.211. The van der Waals surface area contributed by atoms with E-state index in [1.54, 1.807) is 28.8 Å². The van der Waals surface area contributed by atoms with E-state index in [-0.39, 0.29) is 27.8 Å². The van der Waals surface area contributed by atoms with Crippen molar-refractivity contribution in [2.45, 2.75) is 24.8 Å². The zero-order valence-corrected chi connectivity index (χ0v) is 21.0. The first kappa shape index (κ1) is 24.0. The third-order valence-corrected chi connectivity index (χ3v) is 8.23. The number of amides is 1. The van der Waals surface area contributed by atoms with Crippen LogP contribution in [0.25, 0.3) is 10.9 Å². The highest BCUT2D eigenvalue weighted by Gasteiger charge is 2.29. The van der Waals surface area contributed by atoms with Crippen molar-refractivity contribution in [1.82, 2.24) is 13.8 Å². The molecular formula is C25H30N4O4S. The van der Waals surface area contributed by atoms with Gasteiger partial charge in [0, 0.05) is 64.1 Å². The highest BCUT2D eigenvalue weighted by molar-refractivity contribution is 7.89. The van der Waals surface area contributed by atoms with Crippen LogP contribution in [0.4, 0.5) is 5.69 Å². The van der Waals surface area contributed by atoms with E-state index in [1.165, 1.54) is 31.8 Å². The van der Waals surface area contributed by atoms with Crippen molar-refractivity contribution in [3.63, 3.8) is 0 Å². The van der Waals surface area contributed by atoms with Crippen molar-refractivity contribution in [2.24, 2.45) is 7.05 Å². The number of hydrogen-bond donors (Lipinski definition) is 0. The van der Waals surface area contributed by atoms with Gasteiger partial charge >= 0.3 is 0 Å². The predicted octanol–water partition coefficient (Wildman–Crippen LogP) is 2.45. The maximum Gasteiger partial charge on any atom is 0.259 e. The topological polar surface area (TPSA) is 82.9 Å². The molecule has 0 unspecified atom stereocenters. The summed E-state index contributed by atoms with van der Waals surface area (Å²) < 4.78 is 28.0. The first-order chi connectivity index (χ1) is 16.0. The van der Waals surface area contributed by atoms with Gasteiger partial charge in [-0.3, -0.25) is 9.59 Å². The van der Waals surface area contributed by atoms with Gasteiger partial charge in [-0.05, 0) is 49.7 Å². The number of rotatable bonds is 4. The van der Waals surface area contributed by atoms with Gasteiger partial charge in [-0.2, -0.15) is 0 Å². The molecule has 1 atom stereocenters. The van der Waals surface area contributed by atoms with E-state index in [2.05, 4.69) is 36.9 Å². The number of carbonyl (C=O) groups excluding carboxylic acids is 1. The summed E-state index contributed by atoms with van der Waals surface area (Å²) >= 11 is 0. The molecule has 0 N–H and O–H groups in total. The number of anilines is 1. The molecule has 2 aromatic carbocycles. The zero-order valence-electron chi connectivity index (χ0n) is 20.1. The molecule has 9 heteroatoms. The largest absolute Gasteiger partial charge is 0.365 e. The highest BCUT2D eigenvalue weighted by Crippen LogP contribution is 2.23. The predicted molar refractivity (Wildman–Crippen MR) is 134 cm³/mol. The van der Waals surface area contributed by atoms with Crippen LogP contribution in [0.2, 0.25) is 0 Å². The van der Waals surface area contributed by atoms with Crippen LogP contribution in [-0.4, -0.2) is 67.9 Å². The van der Waals surface area contributed by atoms with E-state index in [1.807, 2.05) is 6.07 Å². The standard InChI is InChI=1S/C25H30N4O4S/c1-17-7-6-8-19(13-17)29-12-11-28(15-18(29)2)25(31)22-16-27(5)23-10-9-20(14-21(23)24(22)30)34(32,33)26(3)4/h6-10,13-14,16,18H,11-12,15H2,1-5H3/t18-/m1/s1. The quantitative estimate of drug-likeness (QED) is 0.571. The number of carbonyl (C=O) groups is 1. The molecule has 8 nitrogen and oxygen atoms in total. The van der Waals surface area contributed by atoms with E-state index < -0.39 is 15.5 Å². The first-order valence-electron chi connectivity index (χ1n) is 11.2. The van der Waals surface area contributed by atoms with Gasteiger partial charge in [0.15, 0.2) is 0 Å². The number of pyridine rings is 1. The van der Waals surface area contributed by atoms with Crippen LogP contribution < -0.4 is 10.3 Å². The minimum atomic E-state index is -3.71. The molecule has 180 valence electrons. The third-order valence-electron chi connectivity index (χ3n) is 6.42. The molecule has 1 fully saturated rings. The number of fused-ring (bicyclic) bond motifs is 1. The molecule has 3 aromatic rings. The van der Waals surface area contributed by atoms with Crippen molar-refractivity contribution in [1.29, 1.82) is 0 Å². The Bertz CT molecular complexity index is 1430. The van der Waals surface area contributed by atoms with E-state index in [0.29, 0.717) is 25.2 Å². The molecule has 0 saturated carbocycles. The van der Waals surface area contributed by atoms with Crippen molar-refractivity contribution in [3.8, 4) is 0 Å². The lowest BCUT2D eigenvalue weighted by Gasteiger charge is -2.41. The van der Waals surface area contributed by atoms with Crippen LogP contribution in [0.15, 0.2) is 58.4 Å². The Kier molecular flexibility index (Phi) is 6.26. The Labute approximate surface area is 200 Å². The summed E-state index contributed by atoms with van der Waals surface area (Å²) in [6.07, 6.45) is 1.55. The van der Waals surface area contributed by atoms with Crippen molar-refractivity contribution >= 4 is 32.5 Å². The second-order valence-electron chi connectivity index (χ2n) is 9.08. The Balaban J connectivity index is 1.66. The lowest BCUT2D eigenvalue weighted by atomic mass is 10.1. The molecule has 1 aromatic heterocycles. The summed E-state index contributed by atoms with van der Waals surface area (Å²) in [5.74, 6) is -0.334. The third kappa shape index (κ3) is 4.21. The van der Waals surface area contributed by atoms with Crippen LogP contribution in [0.1, 0.15) is 22.8 Å². The molecular weight excluding hydrogens is 452 g/mol. The molecule has 34 heavy (non-hydrogen) atoms. The van der Waals surface area contributed by atoms with Gasteiger partial charge in [-0.25, -0.2) is 12.7 Å². The molecule has 1 amide bonds. The normalized spacial score (nSPS) is 16.9. The lowest BCUT2D eigenvalue weighted by Crippen LogP contribution is -2.54. The highest BCUT2D eigenvalue weighted by atomic mass is 32.2. The number of benzene rings is 2. The Morgan fingerprint density at radius 1 is 1.09 bits per heavy atom. The van der Waals surface area contributed by atoms with Crippen molar-refractivity contribution < 1.29 is 13.2 Å². The van der Waals surface area contributed by atoms with Crippen LogP contribution in [0, 0.1) is 6.92 Å². The van der Waals surface area contributed by atoms with Gasteiger partial charge in [-0.15, -0.1) is 0 Å². The van der Waals surface area contributed by atoms with Gasteiger partial charge in [0.2, 0.25) is 15.5 Å². The van der Waals surface area contributed by atoms with Gasteiger partial charge in [0.25, 0.3) is 5.91 Å². The summed E-state index contributed by atoms with van der Waals surface area (Å²) in [7, 11) is 0.916. The van der Waals surface area contributed by atoms with E-state index in [9.17, 15) is 18.0 Å². The van der Waals surface area contributed by atoms with Crippen molar-refractivity contribution in [2.75, 3.05) is 38.6 Å². The smallest absolute Gasteiger partial charge is 0.259 e. The summed E-state index contributed by atoms with van der Waals surface area (Å²) in [6, 6.07) is 12.8. The summed E-state index contributed by atoms with van der Waals surface area (Å²) in [4.78, 5) is 30.8. The Hall–Kier alpha value is -3.17. The fraction of sp³-hybridized carbons (Fsp3) is 0.360. The Morgan fingerprint density at radius 3 is 2.47 bits per heavy atom. The second kappa shape index (κ2) is 8.88. The summed E-state index contributed by atoms with van der Waals surface area (Å²) in [6.45, 7) is 5.77. The number of aryl methyl sites for hydroxylation is 2. The lowest BCUT2D eigenvalue weighted by molar-refractivity contribution is 0.0724. The molecule has 0 aliphatic carbocycles. The average molecular weight is 483 g/mol. The van der Waals surface area contributed by atoms with Gasteiger partial charge in [0.05, 0.1) is 10.4 Å². The van der Waals surface area contributed by atoms with Gasteiger partial charge in [0.1, 0.15) is 5.56 Å². The number of nitrogens with zero attached hydrogens (tertiary/aromatic N) is 4. The molecule has 1 saturated heterocycles. The van der Waals surface area contributed by atoms with Crippen LogP contribution in [0.3, 0.4) is 0 Å². The van der Waals surface area contributed by atoms with E-state index in [0.717, 1.165) is 9.99 Å². The van der Waals surface area contributed by atoms with Gasteiger partial charge in [-0.1, -0.05) is 12.1 Å². The van der Waals surface area contributed by atoms with Crippen LogP contribution in [0.5, 0.6) is 0 Å². The molecule has 1 aliphatic heterocycles. The Morgan fingerprint density at radius 2 is 1.82 bits per heavy atom. The second-order valence-corrected chi connectivity index (χ2v) is 11.2. The maximum atomic E-state index is 13.4. The minimum Gasteiger partial charge on any atom is -0.365 e. The fourth-order valence-electron chi connectivity index (χ4n) is 4.50. The maximum absolute atomic E-state index is 13.4. The zero-order chi connectivity index (χ0) is 24.8. The van der Waals surface area contributed by atoms with E-state index in [4.69, 9.17) is 0 Å². The van der Waals surface area contributed by atoms with Crippen LogP contribution >= 0.6 is 0 Å². The summed E-state index contributed by atoms with van der Waals surface area (Å²) in [5.41, 5.74) is 2.46.